The van der Waals surface area contributed by atoms with Crippen molar-refractivity contribution in [3.63, 3.8) is 0 Å². The monoisotopic (exact) mass is 552 g/mol. The lowest BCUT2D eigenvalue weighted by Crippen LogP contribution is -2.53. The van der Waals surface area contributed by atoms with E-state index in [1.165, 1.54) is 33.8 Å². The van der Waals surface area contributed by atoms with Crippen LogP contribution in [0.2, 0.25) is 0 Å². The number of piperazine rings is 1. The van der Waals surface area contributed by atoms with Gasteiger partial charge in [-0.3, -0.25) is 9.69 Å². The van der Waals surface area contributed by atoms with Crippen molar-refractivity contribution in [2.45, 2.75) is 39.0 Å². The second-order valence-corrected chi connectivity index (χ2v) is 10.6. The number of allylic oxidation sites excluding steroid dienone is 1. The summed E-state index contributed by atoms with van der Waals surface area (Å²) in [5.41, 5.74) is 0.586. The Balaban J connectivity index is 1.43. The summed E-state index contributed by atoms with van der Waals surface area (Å²) in [6.45, 7) is 14.2. The molecule has 0 aliphatic carbocycles. The molecule has 4 heterocycles. The molecule has 1 fully saturated rings. The Morgan fingerprint density at radius 3 is 2.33 bits per heavy atom. The number of pyridine rings is 1. The van der Waals surface area contributed by atoms with Crippen LogP contribution in [-0.4, -0.2) is 60.9 Å². The number of fused-ring (bicyclic) bond motifs is 1. The molecular formula is C28H31F3N8O. The van der Waals surface area contributed by atoms with Gasteiger partial charge in [0, 0.05) is 49.3 Å². The van der Waals surface area contributed by atoms with Gasteiger partial charge >= 0.3 is 6.18 Å². The van der Waals surface area contributed by atoms with Crippen LogP contribution in [0.15, 0.2) is 66.1 Å². The molecule has 4 aromatic rings. The number of anilines is 3. The van der Waals surface area contributed by atoms with Crippen LogP contribution in [0.3, 0.4) is 0 Å². The summed E-state index contributed by atoms with van der Waals surface area (Å²) in [4.78, 5) is 30.4. The van der Waals surface area contributed by atoms with E-state index in [1.807, 2.05) is 24.3 Å². The quantitative estimate of drug-likeness (QED) is 0.343. The lowest BCUT2D eigenvalue weighted by Gasteiger charge is -2.43. The van der Waals surface area contributed by atoms with Gasteiger partial charge < -0.3 is 10.2 Å². The Morgan fingerprint density at radius 2 is 1.70 bits per heavy atom. The highest BCUT2D eigenvalue weighted by Gasteiger charge is 2.33. The van der Waals surface area contributed by atoms with E-state index in [9.17, 15) is 18.0 Å². The summed E-state index contributed by atoms with van der Waals surface area (Å²) in [7, 11) is 0. The van der Waals surface area contributed by atoms with Crippen LogP contribution in [0.5, 0.6) is 0 Å². The van der Waals surface area contributed by atoms with E-state index < -0.39 is 17.4 Å². The number of hydrogen-bond donors (Lipinski definition) is 1. The predicted molar refractivity (Wildman–Crippen MR) is 149 cm³/mol. The van der Waals surface area contributed by atoms with Gasteiger partial charge in [0.2, 0.25) is 5.95 Å². The molecule has 1 aromatic carbocycles. The molecule has 40 heavy (non-hydrogen) atoms. The molecule has 3 aromatic heterocycles. The van der Waals surface area contributed by atoms with Gasteiger partial charge in [-0.1, -0.05) is 12.1 Å². The number of aromatic nitrogens is 5. The van der Waals surface area contributed by atoms with Crippen LogP contribution in [-0.2, 0) is 12.7 Å². The molecule has 210 valence electrons. The third-order valence-electron chi connectivity index (χ3n) is 6.94. The Morgan fingerprint density at radius 1 is 1.00 bits per heavy atom. The fraction of sp³-hybridized carbons (Fsp3) is 0.357. The molecule has 0 bridgehead atoms. The van der Waals surface area contributed by atoms with Gasteiger partial charge in [-0.2, -0.15) is 18.2 Å². The summed E-state index contributed by atoms with van der Waals surface area (Å²) >= 11 is 0. The Labute approximate surface area is 229 Å². The first-order valence-electron chi connectivity index (χ1n) is 13.0. The van der Waals surface area contributed by atoms with Crippen molar-refractivity contribution in [3.8, 4) is 5.82 Å². The van der Waals surface area contributed by atoms with Crippen LogP contribution in [0.4, 0.5) is 30.5 Å². The summed E-state index contributed by atoms with van der Waals surface area (Å²) in [6, 6.07) is 11.4. The SMILES string of the molecule is C=CCn1c(=O)c2cnc(Nc3ccc(N4CCN(C(C)(C)C)CC4)cc3)nc2n1-c1cccc(C(F)(F)F)n1. The van der Waals surface area contributed by atoms with E-state index in [-0.39, 0.29) is 34.9 Å². The average molecular weight is 553 g/mol. The molecule has 5 rings (SSSR count). The van der Waals surface area contributed by atoms with E-state index in [1.54, 1.807) is 0 Å². The van der Waals surface area contributed by atoms with E-state index in [0.29, 0.717) is 0 Å². The normalized spacial score (nSPS) is 15.0. The zero-order valence-corrected chi connectivity index (χ0v) is 22.6. The van der Waals surface area contributed by atoms with Crippen LogP contribution in [0, 0.1) is 0 Å². The van der Waals surface area contributed by atoms with Gasteiger partial charge in [0.25, 0.3) is 5.56 Å². The van der Waals surface area contributed by atoms with Crippen molar-refractivity contribution in [3.05, 3.63) is 77.4 Å². The van der Waals surface area contributed by atoms with Gasteiger partial charge in [-0.25, -0.2) is 19.3 Å². The number of benzene rings is 1. The minimum absolute atomic E-state index is 0.0430. The third-order valence-corrected chi connectivity index (χ3v) is 6.94. The maximum Gasteiger partial charge on any atom is 0.433 e. The number of hydrogen-bond acceptors (Lipinski definition) is 7. The number of rotatable bonds is 6. The second-order valence-electron chi connectivity index (χ2n) is 10.6. The van der Waals surface area contributed by atoms with Crippen molar-refractivity contribution in [1.82, 2.24) is 29.2 Å². The zero-order chi connectivity index (χ0) is 28.7. The smallest absolute Gasteiger partial charge is 0.369 e. The molecule has 1 N–H and O–H groups in total. The Bertz CT molecular complexity index is 1580. The van der Waals surface area contributed by atoms with E-state index >= 15 is 0 Å². The number of halogens is 3. The standard InChI is InChI=1S/C28H31F3N8O/c1-5-13-38-25(40)21-18-32-26(35-24(21)39(38)23-8-6-7-22(34-23)28(29,30)31)33-19-9-11-20(12-10-19)36-14-16-37(17-15-36)27(2,3)4/h5-12,18H,1,13-17H2,2-4H3,(H,32,33,35). The van der Waals surface area contributed by atoms with Crippen LogP contribution in [0.25, 0.3) is 16.9 Å². The summed E-state index contributed by atoms with van der Waals surface area (Å²) in [5, 5.41) is 3.28. The van der Waals surface area contributed by atoms with Crippen LogP contribution in [0.1, 0.15) is 26.5 Å². The first kappa shape index (κ1) is 27.4. The summed E-state index contributed by atoms with van der Waals surface area (Å²) in [6.07, 6.45) is -1.81. The average Bonchev–Trinajstić information content (AvgIpc) is 3.19. The molecule has 0 unspecified atom stereocenters. The Hall–Kier alpha value is -4.19. The molecule has 9 nitrogen and oxygen atoms in total. The molecule has 0 atom stereocenters. The molecule has 1 aliphatic rings. The maximum atomic E-state index is 13.4. The van der Waals surface area contributed by atoms with Crippen molar-refractivity contribution >= 4 is 28.4 Å². The molecule has 0 saturated carbocycles. The van der Waals surface area contributed by atoms with E-state index in [0.717, 1.165) is 43.6 Å². The van der Waals surface area contributed by atoms with Gasteiger partial charge in [-0.15, -0.1) is 6.58 Å². The van der Waals surface area contributed by atoms with Crippen molar-refractivity contribution in [2.24, 2.45) is 0 Å². The maximum absolute atomic E-state index is 13.4. The number of nitrogens with one attached hydrogen (secondary N) is 1. The van der Waals surface area contributed by atoms with Crippen LogP contribution >= 0.6 is 0 Å². The van der Waals surface area contributed by atoms with E-state index in [4.69, 9.17) is 0 Å². The molecule has 1 aliphatic heterocycles. The van der Waals surface area contributed by atoms with Gasteiger partial charge in [-0.05, 0) is 57.2 Å². The molecule has 0 radical (unpaired) electrons. The number of alkyl halides is 3. The highest BCUT2D eigenvalue weighted by Crippen LogP contribution is 2.29. The van der Waals surface area contributed by atoms with E-state index in [2.05, 4.69) is 57.4 Å². The zero-order valence-electron chi connectivity index (χ0n) is 22.6. The van der Waals surface area contributed by atoms with Gasteiger partial charge in [0.1, 0.15) is 11.1 Å². The first-order valence-corrected chi connectivity index (χ1v) is 13.0. The topological polar surface area (TPSA) is 84.1 Å². The van der Waals surface area contributed by atoms with Crippen molar-refractivity contribution in [2.75, 3.05) is 36.4 Å². The van der Waals surface area contributed by atoms with Crippen molar-refractivity contribution in [1.29, 1.82) is 0 Å². The highest BCUT2D eigenvalue weighted by molar-refractivity contribution is 5.77. The summed E-state index contributed by atoms with van der Waals surface area (Å²) < 4.78 is 42.6. The summed E-state index contributed by atoms with van der Waals surface area (Å²) in [5.74, 6) is 0.0971. The first-order chi connectivity index (χ1) is 19.0. The number of nitrogens with zero attached hydrogens (tertiary/aromatic N) is 7. The lowest BCUT2D eigenvalue weighted by atomic mass is 10.0. The van der Waals surface area contributed by atoms with Crippen LogP contribution < -0.4 is 15.8 Å². The fourth-order valence-corrected chi connectivity index (χ4v) is 4.83. The molecule has 0 spiro atoms. The largest absolute Gasteiger partial charge is 0.433 e. The van der Waals surface area contributed by atoms with Gasteiger partial charge in [0.15, 0.2) is 11.5 Å². The molecule has 12 heteroatoms. The predicted octanol–water partition coefficient (Wildman–Crippen LogP) is 4.85. The highest BCUT2D eigenvalue weighted by atomic mass is 19.4. The minimum atomic E-state index is -4.64. The van der Waals surface area contributed by atoms with Crippen molar-refractivity contribution < 1.29 is 13.2 Å². The molecule has 1 saturated heterocycles. The lowest BCUT2D eigenvalue weighted by molar-refractivity contribution is -0.141. The second kappa shape index (κ2) is 10.4. The van der Waals surface area contributed by atoms with Gasteiger partial charge in [0.05, 0.1) is 6.54 Å². The molecule has 0 amide bonds. The minimum Gasteiger partial charge on any atom is -0.369 e. The third kappa shape index (κ3) is 5.44. The fourth-order valence-electron chi connectivity index (χ4n) is 4.83. The Kier molecular flexibility index (Phi) is 7.13. The molecular weight excluding hydrogens is 521 g/mol.